The molecule has 2 aliphatic rings. The maximum atomic E-state index is 13.8. The Balaban J connectivity index is 1.77. The number of hydrogen-bond donors (Lipinski definition) is 2. The number of carbonyl (C=O) groups excluding carboxylic acids is 3. The maximum Gasteiger partial charge on any atom is 0.254 e. The molecule has 4 rings (SSSR count). The molecule has 0 aliphatic carbocycles. The summed E-state index contributed by atoms with van der Waals surface area (Å²) in [5, 5.41) is 4.93. The van der Waals surface area contributed by atoms with Crippen LogP contribution in [0.1, 0.15) is 49.4 Å². The summed E-state index contributed by atoms with van der Waals surface area (Å²) in [6.45, 7) is 5.77. The van der Waals surface area contributed by atoms with Gasteiger partial charge in [-0.2, -0.15) is 0 Å². The minimum Gasteiger partial charge on any atom is -0.338 e. The average molecular weight is 447 g/mol. The van der Waals surface area contributed by atoms with Gasteiger partial charge in [0.2, 0.25) is 5.91 Å². The van der Waals surface area contributed by atoms with E-state index < -0.39 is 6.04 Å². The minimum absolute atomic E-state index is 0.100. The lowest BCUT2D eigenvalue weighted by Gasteiger charge is -2.36. The summed E-state index contributed by atoms with van der Waals surface area (Å²) in [7, 11) is 0. The Morgan fingerprint density at radius 1 is 1.06 bits per heavy atom. The predicted octanol–water partition coefficient (Wildman–Crippen LogP) is 2.81. The largest absolute Gasteiger partial charge is 0.338 e. The second-order valence-electron chi connectivity index (χ2n) is 8.42. The first-order valence-electron chi connectivity index (χ1n) is 11.5. The van der Waals surface area contributed by atoms with Crippen LogP contribution in [0.5, 0.6) is 0 Å². The van der Waals surface area contributed by atoms with Crippen molar-refractivity contribution in [3.8, 4) is 0 Å². The smallest absolute Gasteiger partial charge is 0.254 e. The van der Waals surface area contributed by atoms with Crippen molar-refractivity contribution in [2.24, 2.45) is 0 Å². The van der Waals surface area contributed by atoms with Crippen LogP contribution in [0, 0.1) is 0 Å². The summed E-state index contributed by atoms with van der Waals surface area (Å²) in [6.07, 6.45) is 1.36. The molecule has 0 radical (unpaired) electrons. The van der Waals surface area contributed by atoms with Crippen molar-refractivity contribution in [1.82, 2.24) is 20.7 Å². The van der Waals surface area contributed by atoms with Crippen molar-refractivity contribution in [3.05, 3.63) is 77.0 Å². The zero-order valence-electron chi connectivity index (χ0n) is 19.1. The highest BCUT2D eigenvalue weighted by Crippen LogP contribution is 2.33. The Morgan fingerprint density at radius 2 is 1.79 bits per heavy atom. The molecule has 2 heterocycles. The van der Waals surface area contributed by atoms with Crippen molar-refractivity contribution in [2.45, 2.75) is 39.3 Å². The number of fused-ring (bicyclic) bond motifs is 1. The van der Waals surface area contributed by atoms with Crippen molar-refractivity contribution < 1.29 is 14.4 Å². The number of rotatable bonds is 8. The Morgan fingerprint density at radius 3 is 2.45 bits per heavy atom. The van der Waals surface area contributed by atoms with Crippen LogP contribution < -0.4 is 10.7 Å². The first kappa shape index (κ1) is 22.7. The van der Waals surface area contributed by atoms with E-state index in [0.717, 1.165) is 28.8 Å². The van der Waals surface area contributed by atoms with Crippen molar-refractivity contribution in [1.29, 1.82) is 0 Å². The van der Waals surface area contributed by atoms with Crippen LogP contribution >= 0.6 is 0 Å². The number of carbonyl (C=O) groups is 3. The van der Waals surface area contributed by atoms with Crippen LogP contribution in [0.15, 0.2) is 60.3 Å². The molecule has 0 spiro atoms. The Bertz CT molecular complexity index is 1080. The van der Waals surface area contributed by atoms with E-state index in [2.05, 4.69) is 10.7 Å². The molecule has 0 unspecified atom stereocenters. The molecule has 1 fully saturated rings. The molecule has 2 amide bonds. The molecule has 2 aliphatic heterocycles. The van der Waals surface area contributed by atoms with Crippen LogP contribution in [-0.4, -0.2) is 47.1 Å². The highest BCUT2D eigenvalue weighted by Gasteiger charge is 2.33. The molecule has 172 valence electrons. The second kappa shape index (κ2) is 10.0. The van der Waals surface area contributed by atoms with Gasteiger partial charge in [0.1, 0.15) is 6.04 Å². The highest BCUT2D eigenvalue weighted by atomic mass is 16.2. The van der Waals surface area contributed by atoms with Gasteiger partial charge in [-0.1, -0.05) is 61.5 Å². The number of likely N-dealkylation sites (tertiary alicyclic amines) is 1. The number of benzene rings is 2. The van der Waals surface area contributed by atoms with Gasteiger partial charge in [0.15, 0.2) is 5.78 Å². The molecular weight excluding hydrogens is 416 g/mol. The SMILES string of the molecule is CCNN1Cc2ccccc2C(C(=O)N[C@H](C(C)=O)c2ccccc2)=C1CN1CCCC1=O. The number of hydrogen-bond acceptors (Lipinski definition) is 5. The summed E-state index contributed by atoms with van der Waals surface area (Å²) in [6, 6.07) is 16.3. The number of ketones is 1. The van der Waals surface area contributed by atoms with Gasteiger partial charge in [-0.15, -0.1) is 0 Å². The van der Waals surface area contributed by atoms with Gasteiger partial charge in [0.25, 0.3) is 5.91 Å². The normalized spacial score (nSPS) is 16.6. The maximum absolute atomic E-state index is 13.8. The number of nitrogens with one attached hydrogen (secondary N) is 2. The molecule has 0 aromatic heterocycles. The highest BCUT2D eigenvalue weighted by molar-refractivity contribution is 6.22. The summed E-state index contributed by atoms with van der Waals surface area (Å²) < 4.78 is 0. The van der Waals surface area contributed by atoms with Crippen LogP contribution in [0.25, 0.3) is 5.57 Å². The third-order valence-electron chi connectivity index (χ3n) is 6.13. The average Bonchev–Trinajstić information content (AvgIpc) is 3.22. The van der Waals surface area contributed by atoms with Crippen molar-refractivity contribution in [2.75, 3.05) is 19.6 Å². The standard InChI is InChI=1S/C26H30N4O3/c1-3-27-30-16-20-12-7-8-13-21(20)24(22(30)17-29-15-9-14-23(29)32)26(33)28-25(18(2)31)19-10-5-4-6-11-19/h4-8,10-13,25,27H,3,9,14-17H2,1-2H3,(H,28,33)/t25-/m1/s1. The minimum atomic E-state index is -0.748. The zero-order valence-corrected chi connectivity index (χ0v) is 19.1. The summed E-state index contributed by atoms with van der Waals surface area (Å²) in [5.41, 5.74) is 7.18. The number of amides is 2. The van der Waals surface area contributed by atoms with Gasteiger partial charge in [0.05, 0.1) is 24.4 Å². The number of hydrazine groups is 1. The lowest BCUT2D eigenvalue weighted by atomic mass is 9.92. The molecule has 2 aromatic rings. The first-order chi connectivity index (χ1) is 16.0. The van der Waals surface area contributed by atoms with Gasteiger partial charge in [-0.3, -0.25) is 14.4 Å². The van der Waals surface area contributed by atoms with E-state index in [1.165, 1.54) is 6.92 Å². The lowest BCUT2D eigenvalue weighted by Crippen LogP contribution is -2.46. The molecule has 0 bridgehead atoms. The monoisotopic (exact) mass is 446 g/mol. The van der Waals surface area contributed by atoms with E-state index >= 15 is 0 Å². The number of nitrogens with zero attached hydrogens (tertiary/aromatic N) is 2. The van der Waals surface area contributed by atoms with E-state index in [-0.39, 0.29) is 17.6 Å². The number of Topliss-reactive ketones (excluding diaryl/α,β-unsaturated/α-hetero) is 1. The molecule has 7 nitrogen and oxygen atoms in total. The summed E-state index contributed by atoms with van der Waals surface area (Å²) in [5.74, 6) is -0.363. The van der Waals surface area contributed by atoms with Crippen LogP contribution in [-0.2, 0) is 20.9 Å². The molecule has 33 heavy (non-hydrogen) atoms. The van der Waals surface area contributed by atoms with E-state index in [9.17, 15) is 14.4 Å². The molecule has 2 N–H and O–H groups in total. The fourth-order valence-electron chi connectivity index (χ4n) is 4.54. The fourth-order valence-corrected chi connectivity index (χ4v) is 4.54. The Hall–Kier alpha value is -3.45. The van der Waals surface area contributed by atoms with Gasteiger partial charge < -0.3 is 15.2 Å². The topological polar surface area (TPSA) is 81.8 Å². The van der Waals surface area contributed by atoms with Gasteiger partial charge in [-0.05, 0) is 30.0 Å². The van der Waals surface area contributed by atoms with Crippen LogP contribution in [0.3, 0.4) is 0 Å². The van der Waals surface area contributed by atoms with Crippen LogP contribution in [0.2, 0.25) is 0 Å². The van der Waals surface area contributed by atoms with E-state index in [0.29, 0.717) is 38.2 Å². The molecule has 7 heteroatoms. The molecule has 0 saturated carbocycles. The third kappa shape index (κ3) is 4.83. The van der Waals surface area contributed by atoms with Gasteiger partial charge >= 0.3 is 0 Å². The van der Waals surface area contributed by atoms with Crippen molar-refractivity contribution >= 4 is 23.2 Å². The van der Waals surface area contributed by atoms with E-state index in [1.54, 1.807) is 4.90 Å². The van der Waals surface area contributed by atoms with Crippen LogP contribution in [0.4, 0.5) is 0 Å². The fraction of sp³-hybridized carbons (Fsp3) is 0.346. The quantitative estimate of drug-likeness (QED) is 0.652. The van der Waals surface area contributed by atoms with Crippen molar-refractivity contribution in [3.63, 3.8) is 0 Å². The molecule has 1 saturated heterocycles. The summed E-state index contributed by atoms with van der Waals surface area (Å²) in [4.78, 5) is 40.5. The molecule has 1 atom stereocenters. The zero-order chi connectivity index (χ0) is 23.4. The van der Waals surface area contributed by atoms with Gasteiger partial charge in [-0.25, -0.2) is 5.43 Å². The molecular formula is C26H30N4O3. The van der Waals surface area contributed by atoms with E-state index in [4.69, 9.17) is 0 Å². The second-order valence-corrected chi connectivity index (χ2v) is 8.42. The lowest BCUT2D eigenvalue weighted by molar-refractivity contribution is -0.127. The predicted molar refractivity (Wildman–Crippen MR) is 126 cm³/mol. The van der Waals surface area contributed by atoms with Gasteiger partial charge in [0, 0.05) is 19.5 Å². The third-order valence-corrected chi connectivity index (χ3v) is 6.13. The molecule has 2 aromatic carbocycles. The first-order valence-corrected chi connectivity index (χ1v) is 11.5. The Kier molecular flexibility index (Phi) is 6.89. The van der Waals surface area contributed by atoms with E-state index in [1.807, 2.05) is 66.5 Å². The Labute approximate surface area is 194 Å². The summed E-state index contributed by atoms with van der Waals surface area (Å²) >= 11 is 0.